The van der Waals surface area contributed by atoms with Crippen LogP contribution in [0.4, 0.5) is 0 Å². The Hall–Kier alpha value is -1.82. The number of carbonyl (C=O) groups is 2. The maximum atomic E-state index is 13.7. The third-order valence-electron chi connectivity index (χ3n) is 6.92. The van der Waals surface area contributed by atoms with Crippen LogP contribution in [0.3, 0.4) is 0 Å². The summed E-state index contributed by atoms with van der Waals surface area (Å²) < 4.78 is 3.17. The van der Waals surface area contributed by atoms with E-state index in [0.717, 1.165) is 29.5 Å². The van der Waals surface area contributed by atoms with Crippen molar-refractivity contribution in [1.82, 2.24) is 14.8 Å². The fraction of sp³-hybridized carbons (Fsp3) is 0.652. The highest BCUT2D eigenvalue weighted by Crippen LogP contribution is 2.36. The molecule has 5 nitrogen and oxygen atoms in total. The molecule has 6 heteroatoms. The van der Waals surface area contributed by atoms with Gasteiger partial charge in [-0.05, 0) is 50.6 Å². The number of nitrogens with zero attached hydrogens (tertiary/aromatic N) is 2. The zero-order valence-corrected chi connectivity index (χ0v) is 18.7. The molecule has 3 heterocycles. The van der Waals surface area contributed by atoms with Crippen molar-refractivity contribution in [2.24, 2.45) is 0 Å². The molecule has 0 unspecified atom stereocenters. The van der Waals surface area contributed by atoms with Gasteiger partial charge in [0.1, 0.15) is 11.2 Å². The van der Waals surface area contributed by atoms with Gasteiger partial charge in [-0.2, -0.15) is 0 Å². The highest BCUT2D eigenvalue weighted by atomic mass is 32.1. The van der Waals surface area contributed by atoms with E-state index in [1.54, 1.807) is 11.3 Å². The molecular weight excluding hydrogens is 382 g/mol. The van der Waals surface area contributed by atoms with Gasteiger partial charge < -0.3 is 14.8 Å². The van der Waals surface area contributed by atoms with Crippen LogP contribution in [0.15, 0.2) is 17.5 Å². The van der Waals surface area contributed by atoms with E-state index in [0.29, 0.717) is 12.2 Å². The Morgan fingerprint density at radius 3 is 2.66 bits per heavy atom. The van der Waals surface area contributed by atoms with Crippen molar-refractivity contribution in [2.75, 3.05) is 0 Å². The van der Waals surface area contributed by atoms with Gasteiger partial charge in [0, 0.05) is 12.1 Å². The van der Waals surface area contributed by atoms with Crippen molar-refractivity contribution < 1.29 is 9.59 Å². The Labute approximate surface area is 177 Å². The van der Waals surface area contributed by atoms with E-state index < -0.39 is 5.54 Å². The van der Waals surface area contributed by atoms with Gasteiger partial charge in [0.25, 0.3) is 5.91 Å². The minimum absolute atomic E-state index is 0.000506. The molecule has 1 fully saturated rings. The first-order valence-electron chi connectivity index (χ1n) is 11.2. The summed E-state index contributed by atoms with van der Waals surface area (Å²) in [5.41, 5.74) is 0.894. The molecule has 1 saturated carbocycles. The van der Waals surface area contributed by atoms with Gasteiger partial charge in [0.15, 0.2) is 0 Å². The maximum absolute atomic E-state index is 13.7. The SMILES string of the molecule is CC[C@@H](C)N1C(=O)c2cc3sccc3n2C[C@@]1(C)C(=O)NC1CCCCCCC1. The first-order chi connectivity index (χ1) is 14.0. The van der Waals surface area contributed by atoms with Crippen LogP contribution in [-0.4, -0.2) is 38.9 Å². The van der Waals surface area contributed by atoms with Crippen LogP contribution < -0.4 is 5.32 Å². The predicted octanol–water partition coefficient (Wildman–Crippen LogP) is 4.94. The minimum atomic E-state index is -0.879. The van der Waals surface area contributed by atoms with Gasteiger partial charge in [-0.1, -0.05) is 39.0 Å². The first kappa shape index (κ1) is 20.5. The number of rotatable bonds is 4. The van der Waals surface area contributed by atoms with Crippen molar-refractivity contribution >= 4 is 33.4 Å². The van der Waals surface area contributed by atoms with Crippen LogP contribution in [-0.2, 0) is 11.3 Å². The lowest BCUT2D eigenvalue weighted by atomic mass is 9.90. The van der Waals surface area contributed by atoms with E-state index in [-0.39, 0.29) is 23.9 Å². The fourth-order valence-corrected chi connectivity index (χ4v) is 5.87. The summed E-state index contributed by atoms with van der Waals surface area (Å²) in [7, 11) is 0. The third-order valence-corrected chi connectivity index (χ3v) is 7.77. The fourth-order valence-electron chi connectivity index (χ4n) is 5.05. The summed E-state index contributed by atoms with van der Waals surface area (Å²) in [5, 5.41) is 5.40. The molecule has 0 aromatic carbocycles. The number of carbonyl (C=O) groups excluding carboxylic acids is 2. The lowest BCUT2D eigenvalue weighted by Gasteiger charge is -2.47. The van der Waals surface area contributed by atoms with Crippen LogP contribution in [0.25, 0.3) is 10.2 Å². The summed E-state index contributed by atoms with van der Waals surface area (Å²) in [4.78, 5) is 29.0. The van der Waals surface area contributed by atoms with E-state index in [4.69, 9.17) is 0 Å². The molecule has 1 N–H and O–H groups in total. The van der Waals surface area contributed by atoms with Crippen LogP contribution in [0.1, 0.15) is 82.6 Å². The molecule has 29 heavy (non-hydrogen) atoms. The molecule has 2 aliphatic rings. The summed E-state index contributed by atoms with van der Waals surface area (Å²) >= 11 is 1.65. The van der Waals surface area contributed by atoms with Gasteiger partial charge in [-0.15, -0.1) is 11.3 Å². The van der Waals surface area contributed by atoms with E-state index in [2.05, 4.69) is 35.2 Å². The predicted molar refractivity (Wildman–Crippen MR) is 118 cm³/mol. The molecule has 2 amide bonds. The second-order valence-electron chi connectivity index (χ2n) is 9.01. The second kappa shape index (κ2) is 8.13. The van der Waals surface area contributed by atoms with Crippen molar-refractivity contribution in [3.05, 3.63) is 23.2 Å². The van der Waals surface area contributed by atoms with Gasteiger partial charge in [0.2, 0.25) is 5.91 Å². The van der Waals surface area contributed by atoms with Crippen molar-refractivity contribution in [2.45, 2.75) is 96.3 Å². The Balaban J connectivity index is 1.67. The highest BCUT2D eigenvalue weighted by Gasteiger charge is 2.49. The molecule has 0 spiro atoms. The van der Waals surface area contributed by atoms with Crippen molar-refractivity contribution in [1.29, 1.82) is 0 Å². The van der Waals surface area contributed by atoms with Crippen LogP contribution in [0.5, 0.6) is 0 Å². The summed E-state index contributed by atoms with van der Waals surface area (Å²) in [5.74, 6) is -0.0243. The standard InChI is InChI=1S/C23H33N3O2S/c1-4-16(2)26-21(27)19-14-20-18(12-13-29-20)25(19)15-23(26,3)22(28)24-17-10-8-6-5-7-9-11-17/h12-14,16-17H,4-11,15H2,1-3H3,(H,24,28)/t16-,23+/m1/s1. The van der Waals surface area contributed by atoms with Crippen molar-refractivity contribution in [3.63, 3.8) is 0 Å². The Morgan fingerprint density at radius 2 is 1.97 bits per heavy atom. The number of hydrogen-bond acceptors (Lipinski definition) is 3. The molecule has 2 atom stereocenters. The lowest BCUT2D eigenvalue weighted by Crippen LogP contribution is -2.66. The number of amides is 2. The van der Waals surface area contributed by atoms with Crippen LogP contribution in [0, 0.1) is 0 Å². The molecular formula is C23H33N3O2S. The molecule has 0 bridgehead atoms. The average Bonchev–Trinajstić information content (AvgIpc) is 3.26. The third kappa shape index (κ3) is 3.60. The van der Waals surface area contributed by atoms with Crippen LogP contribution >= 0.6 is 11.3 Å². The molecule has 1 aliphatic carbocycles. The zero-order chi connectivity index (χ0) is 20.6. The number of hydrogen-bond donors (Lipinski definition) is 1. The Kier molecular flexibility index (Phi) is 5.74. The zero-order valence-electron chi connectivity index (χ0n) is 17.9. The number of fused-ring (bicyclic) bond motifs is 3. The summed E-state index contributed by atoms with van der Waals surface area (Å²) in [6.07, 6.45) is 9.08. The molecule has 4 rings (SSSR count). The molecule has 1 aliphatic heterocycles. The Morgan fingerprint density at radius 1 is 1.28 bits per heavy atom. The monoisotopic (exact) mass is 415 g/mol. The van der Waals surface area contributed by atoms with E-state index in [9.17, 15) is 9.59 Å². The molecule has 2 aromatic heterocycles. The number of thiophene rings is 1. The van der Waals surface area contributed by atoms with Crippen molar-refractivity contribution in [3.8, 4) is 0 Å². The summed E-state index contributed by atoms with van der Waals surface area (Å²) in [6, 6.07) is 4.28. The topological polar surface area (TPSA) is 54.3 Å². The average molecular weight is 416 g/mol. The highest BCUT2D eigenvalue weighted by molar-refractivity contribution is 7.17. The quantitative estimate of drug-likeness (QED) is 0.768. The smallest absolute Gasteiger partial charge is 0.271 e. The van der Waals surface area contributed by atoms with Gasteiger partial charge >= 0.3 is 0 Å². The maximum Gasteiger partial charge on any atom is 0.271 e. The number of aromatic nitrogens is 1. The van der Waals surface area contributed by atoms with Gasteiger partial charge in [-0.25, -0.2) is 0 Å². The number of nitrogens with one attached hydrogen (secondary N) is 1. The van der Waals surface area contributed by atoms with Gasteiger partial charge in [-0.3, -0.25) is 9.59 Å². The summed E-state index contributed by atoms with van der Waals surface area (Å²) in [6.45, 7) is 6.60. The van der Waals surface area contributed by atoms with E-state index in [1.165, 1.54) is 32.1 Å². The lowest BCUT2D eigenvalue weighted by molar-refractivity contribution is -0.135. The molecule has 2 aromatic rings. The Bertz CT molecular complexity index is 893. The minimum Gasteiger partial charge on any atom is -0.351 e. The van der Waals surface area contributed by atoms with E-state index in [1.807, 2.05) is 17.9 Å². The molecule has 158 valence electrons. The molecule has 0 saturated heterocycles. The van der Waals surface area contributed by atoms with E-state index >= 15 is 0 Å². The van der Waals surface area contributed by atoms with Gasteiger partial charge in [0.05, 0.1) is 16.8 Å². The first-order valence-corrected chi connectivity index (χ1v) is 12.0. The largest absolute Gasteiger partial charge is 0.351 e. The van der Waals surface area contributed by atoms with Crippen LogP contribution in [0.2, 0.25) is 0 Å². The normalized spacial score (nSPS) is 24.8. The second-order valence-corrected chi connectivity index (χ2v) is 9.96. The molecule has 0 radical (unpaired) electrons.